The minimum absolute atomic E-state index is 0.0576. The van der Waals surface area contributed by atoms with Crippen LogP contribution in [0.5, 0.6) is 0 Å². The van der Waals surface area contributed by atoms with Crippen LogP contribution in [-0.4, -0.2) is 24.3 Å². The van der Waals surface area contributed by atoms with Crippen molar-refractivity contribution in [2.45, 2.75) is 59.3 Å². The molecule has 0 aliphatic rings. The number of carbonyl (C=O) groups excluding carboxylic acids is 2. The molecule has 0 aromatic carbocycles. The minimum atomic E-state index is 0.0576. The van der Waals surface area contributed by atoms with E-state index in [0.717, 1.165) is 55.0 Å². The van der Waals surface area contributed by atoms with Gasteiger partial charge in [0.05, 0.1) is 6.61 Å². The molecule has 0 radical (unpaired) electrons. The molecule has 3 nitrogen and oxygen atoms in total. The van der Waals surface area contributed by atoms with Gasteiger partial charge in [0.25, 0.3) is 0 Å². The van der Waals surface area contributed by atoms with E-state index in [1.54, 1.807) is 6.08 Å². The quantitative estimate of drug-likeness (QED) is 0.328. The summed E-state index contributed by atoms with van der Waals surface area (Å²) >= 11 is 0. The van der Waals surface area contributed by atoms with Gasteiger partial charge in [0.1, 0.15) is 12.6 Å². The van der Waals surface area contributed by atoms with E-state index >= 15 is 0 Å². The third kappa shape index (κ3) is 12.5. The first-order valence-electron chi connectivity index (χ1n) is 8.21. The molecular formula is C20H30O3. The third-order valence-electron chi connectivity index (χ3n) is 3.51. The van der Waals surface area contributed by atoms with Gasteiger partial charge in [-0.05, 0) is 70.4 Å². The van der Waals surface area contributed by atoms with E-state index in [1.165, 1.54) is 5.57 Å². The third-order valence-corrected chi connectivity index (χ3v) is 3.51. The van der Waals surface area contributed by atoms with E-state index in [0.29, 0.717) is 12.8 Å². The number of aliphatic hydroxyl groups is 1. The standard InChI is InChI=1S/C20H30O3/c1-17(2)7-4-9-19(15-22)11-6-12-20(16-23)10-5-8-18(3)13-14-21/h7,10-11,13,15-16,21H,4-6,8-9,12,14H2,1-3H3. The fourth-order valence-corrected chi connectivity index (χ4v) is 2.11. The van der Waals surface area contributed by atoms with Crippen molar-refractivity contribution in [1.82, 2.24) is 0 Å². The van der Waals surface area contributed by atoms with Gasteiger partial charge < -0.3 is 5.11 Å². The first-order valence-corrected chi connectivity index (χ1v) is 8.21. The van der Waals surface area contributed by atoms with Crippen LogP contribution in [0.25, 0.3) is 0 Å². The highest BCUT2D eigenvalue weighted by molar-refractivity contribution is 5.74. The van der Waals surface area contributed by atoms with E-state index in [9.17, 15) is 9.59 Å². The van der Waals surface area contributed by atoms with Crippen molar-refractivity contribution in [3.8, 4) is 0 Å². The summed E-state index contributed by atoms with van der Waals surface area (Å²) < 4.78 is 0. The highest BCUT2D eigenvalue weighted by atomic mass is 16.2. The zero-order valence-electron chi connectivity index (χ0n) is 14.7. The summed E-state index contributed by atoms with van der Waals surface area (Å²) in [6.45, 7) is 6.12. The summed E-state index contributed by atoms with van der Waals surface area (Å²) in [5.74, 6) is 0. The molecule has 0 aromatic rings. The van der Waals surface area contributed by atoms with Gasteiger partial charge in [0, 0.05) is 0 Å². The Morgan fingerprint density at radius 1 is 0.739 bits per heavy atom. The predicted octanol–water partition coefficient (Wildman–Crippen LogP) is 4.48. The molecule has 0 aromatic heterocycles. The summed E-state index contributed by atoms with van der Waals surface area (Å²) in [4.78, 5) is 22.1. The molecule has 0 fully saturated rings. The SMILES string of the molecule is CC(C)=CCCC(C=O)=CCCC(C=O)=CCCC(C)=CCO. The van der Waals surface area contributed by atoms with E-state index in [4.69, 9.17) is 5.11 Å². The highest BCUT2D eigenvalue weighted by Gasteiger charge is 1.98. The Labute approximate surface area is 140 Å². The van der Waals surface area contributed by atoms with E-state index in [-0.39, 0.29) is 6.61 Å². The molecule has 0 spiro atoms. The molecule has 1 N–H and O–H groups in total. The van der Waals surface area contributed by atoms with Crippen molar-refractivity contribution in [2.75, 3.05) is 6.61 Å². The molecule has 0 rings (SSSR count). The Morgan fingerprint density at radius 2 is 1.22 bits per heavy atom. The molecule has 23 heavy (non-hydrogen) atoms. The molecule has 0 heterocycles. The van der Waals surface area contributed by atoms with Gasteiger partial charge in [0.15, 0.2) is 0 Å². The van der Waals surface area contributed by atoms with Crippen LogP contribution in [0.4, 0.5) is 0 Å². The van der Waals surface area contributed by atoms with Crippen molar-refractivity contribution in [3.63, 3.8) is 0 Å². The van der Waals surface area contributed by atoms with Crippen LogP contribution in [0.2, 0.25) is 0 Å². The zero-order chi connectivity index (χ0) is 17.5. The smallest absolute Gasteiger partial charge is 0.145 e. The first kappa shape index (κ1) is 21.3. The second kappa shape index (κ2) is 13.9. The highest BCUT2D eigenvalue weighted by Crippen LogP contribution is 2.12. The van der Waals surface area contributed by atoms with Crippen molar-refractivity contribution >= 4 is 12.6 Å². The molecule has 0 saturated heterocycles. The number of allylic oxidation sites excluding steroid dienone is 7. The van der Waals surface area contributed by atoms with E-state index in [2.05, 4.69) is 6.08 Å². The Bertz CT molecular complexity index is 475. The monoisotopic (exact) mass is 318 g/mol. The summed E-state index contributed by atoms with van der Waals surface area (Å²) in [6, 6.07) is 0. The van der Waals surface area contributed by atoms with Crippen molar-refractivity contribution in [2.24, 2.45) is 0 Å². The summed E-state index contributed by atoms with van der Waals surface area (Å²) in [5, 5.41) is 8.79. The summed E-state index contributed by atoms with van der Waals surface area (Å²) in [5.41, 5.74) is 3.95. The van der Waals surface area contributed by atoms with Gasteiger partial charge in [-0.15, -0.1) is 0 Å². The lowest BCUT2D eigenvalue weighted by atomic mass is 10.0. The lowest BCUT2D eigenvalue weighted by Gasteiger charge is -2.01. The largest absolute Gasteiger partial charge is 0.392 e. The molecule has 0 unspecified atom stereocenters. The number of aliphatic hydroxyl groups excluding tert-OH is 1. The van der Waals surface area contributed by atoms with Gasteiger partial charge >= 0.3 is 0 Å². The zero-order valence-corrected chi connectivity index (χ0v) is 14.7. The molecular weight excluding hydrogens is 288 g/mol. The summed E-state index contributed by atoms with van der Waals surface area (Å²) in [7, 11) is 0. The predicted molar refractivity (Wildman–Crippen MR) is 96.3 cm³/mol. The second-order valence-corrected chi connectivity index (χ2v) is 5.92. The van der Waals surface area contributed by atoms with Gasteiger partial charge in [-0.1, -0.05) is 35.5 Å². The van der Waals surface area contributed by atoms with Gasteiger partial charge in [-0.2, -0.15) is 0 Å². The lowest BCUT2D eigenvalue weighted by Crippen LogP contribution is -1.89. The average molecular weight is 318 g/mol. The molecule has 0 aliphatic carbocycles. The number of hydrogen-bond acceptors (Lipinski definition) is 3. The van der Waals surface area contributed by atoms with Crippen LogP contribution in [-0.2, 0) is 9.59 Å². The van der Waals surface area contributed by atoms with E-state index in [1.807, 2.05) is 32.9 Å². The van der Waals surface area contributed by atoms with Crippen molar-refractivity contribution < 1.29 is 14.7 Å². The Hall–Kier alpha value is -1.74. The van der Waals surface area contributed by atoms with Crippen LogP contribution in [0.1, 0.15) is 59.3 Å². The maximum absolute atomic E-state index is 11.1. The molecule has 0 bridgehead atoms. The van der Waals surface area contributed by atoms with Crippen LogP contribution in [0.15, 0.2) is 46.6 Å². The fraction of sp³-hybridized carbons (Fsp3) is 0.500. The van der Waals surface area contributed by atoms with Crippen molar-refractivity contribution in [3.05, 3.63) is 46.6 Å². The molecule has 0 saturated carbocycles. The molecule has 128 valence electrons. The molecule has 0 aliphatic heterocycles. The topological polar surface area (TPSA) is 54.4 Å². The van der Waals surface area contributed by atoms with Crippen LogP contribution in [0, 0.1) is 0 Å². The normalized spacial score (nSPS) is 13.0. The van der Waals surface area contributed by atoms with Crippen LogP contribution >= 0.6 is 0 Å². The maximum Gasteiger partial charge on any atom is 0.145 e. The van der Waals surface area contributed by atoms with Crippen LogP contribution < -0.4 is 0 Å². The maximum atomic E-state index is 11.1. The Balaban J connectivity index is 4.33. The number of rotatable bonds is 12. The number of carbonyl (C=O) groups is 2. The average Bonchev–Trinajstić information content (AvgIpc) is 2.51. The van der Waals surface area contributed by atoms with Crippen molar-refractivity contribution in [1.29, 1.82) is 0 Å². The van der Waals surface area contributed by atoms with E-state index < -0.39 is 0 Å². The molecule has 0 amide bonds. The van der Waals surface area contributed by atoms with Gasteiger partial charge in [-0.25, -0.2) is 0 Å². The number of aldehydes is 2. The Morgan fingerprint density at radius 3 is 1.65 bits per heavy atom. The summed E-state index contributed by atoms with van der Waals surface area (Å²) in [6.07, 6.45) is 14.2. The lowest BCUT2D eigenvalue weighted by molar-refractivity contribution is -0.105. The van der Waals surface area contributed by atoms with Crippen LogP contribution in [0.3, 0.4) is 0 Å². The number of hydrogen-bond donors (Lipinski definition) is 1. The molecule has 3 heteroatoms. The van der Waals surface area contributed by atoms with Gasteiger partial charge in [-0.3, -0.25) is 9.59 Å². The molecule has 0 atom stereocenters. The van der Waals surface area contributed by atoms with Gasteiger partial charge in [0.2, 0.25) is 0 Å². The minimum Gasteiger partial charge on any atom is -0.392 e. The Kier molecular flexibility index (Phi) is 12.8. The first-order chi connectivity index (χ1) is 11.0. The fourth-order valence-electron chi connectivity index (χ4n) is 2.11. The second-order valence-electron chi connectivity index (χ2n) is 5.92.